The molecule has 1 aliphatic rings. The fraction of sp³-hybridized carbons (Fsp3) is 0.692. The van der Waals surface area contributed by atoms with Gasteiger partial charge in [0.1, 0.15) is 17.2 Å². The number of rotatable bonds is 4. The molecule has 0 bridgehead atoms. The normalized spacial score (nSPS) is 24.2. The maximum atomic E-state index is 4.29. The zero-order valence-electron chi connectivity index (χ0n) is 11.4. The van der Waals surface area contributed by atoms with Crippen molar-refractivity contribution < 1.29 is 0 Å². The Morgan fingerprint density at radius 1 is 1.22 bits per heavy atom. The Morgan fingerprint density at radius 2 is 1.94 bits per heavy atom. The molecule has 0 aromatic carbocycles. The van der Waals surface area contributed by atoms with E-state index >= 15 is 0 Å². The molecule has 0 atom stereocenters. The van der Waals surface area contributed by atoms with Crippen molar-refractivity contribution in [2.45, 2.75) is 42.8 Å². The van der Waals surface area contributed by atoms with E-state index in [1.807, 2.05) is 12.3 Å². The van der Waals surface area contributed by atoms with Gasteiger partial charge in [0.15, 0.2) is 0 Å². The molecule has 0 radical (unpaired) electrons. The lowest BCUT2D eigenvalue weighted by molar-refractivity contribution is 0.221. The van der Waals surface area contributed by atoms with Crippen LogP contribution in [0.15, 0.2) is 17.4 Å². The number of anilines is 1. The molecule has 0 saturated heterocycles. The summed E-state index contributed by atoms with van der Waals surface area (Å²) in [6.45, 7) is 0. The van der Waals surface area contributed by atoms with Crippen molar-refractivity contribution in [3.05, 3.63) is 12.4 Å². The fourth-order valence-corrected chi connectivity index (χ4v) is 2.86. The largest absolute Gasteiger partial charge is 0.367 e. The minimum Gasteiger partial charge on any atom is -0.367 e. The molecule has 1 saturated carbocycles. The van der Waals surface area contributed by atoms with E-state index in [9.17, 15) is 0 Å². The Bertz CT molecular complexity index is 375. The van der Waals surface area contributed by atoms with Crippen molar-refractivity contribution in [2.24, 2.45) is 0 Å². The van der Waals surface area contributed by atoms with Crippen LogP contribution in [0.25, 0.3) is 0 Å². The van der Waals surface area contributed by atoms with Crippen LogP contribution in [0, 0.1) is 0 Å². The fourth-order valence-electron chi connectivity index (χ4n) is 2.48. The second-order valence-corrected chi connectivity index (χ2v) is 5.89. The number of nitrogens with one attached hydrogen (secondary N) is 1. The molecule has 1 N–H and O–H groups in total. The van der Waals surface area contributed by atoms with E-state index < -0.39 is 0 Å². The topological polar surface area (TPSA) is 41.0 Å². The highest BCUT2D eigenvalue weighted by atomic mass is 32.2. The second kappa shape index (κ2) is 6.38. The van der Waals surface area contributed by atoms with Gasteiger partial charge in [-0.1, -0.05) is 0 Å². The van der Waals surface area contributed by atoms with Gasteiger partial charge in [-0.2, -0.15) is 0 Å². The van der Waals surface area contributed by atoms with Gasteiger partial charge in [-0.3, -0.25) is 0 Å². The van der Waals surface area contributed by atoms with Crippen molar-refractivity contribution in [1.29, 1.82) is 0 Å². The van der Waals surface area contributed by atoms with E-state index in [1.165, 1.54) is 25.7 Å². The first-order valence-corrected chi connectivity index (χ1v) is 7.70. The predicted octanol–water partition coefficient (Wildman–Crippen LogP) is 2.48. The number of nitrogens with zero attached hydrogens (tertiary/aromatic N) is 3. The molecule has 4 nitrogen and oxygen atoms in total. The summed E-state index contributed by atoms with van der Waals surface area (Å²) in [6, 6.07) is 3.34. The SMILES string of the molecule is CSc1cc(NC2CCC(N(C)C)CC2)ncn1. The van der Waals surface area contributed by atoms with Gasteiger partial charge in [0, 0.05) is 18.2 Å². The zero-order chi connectivity index (χ0) is 13.0. The number of aromatic nitrogens is 2. The van der Waals surface area contributed by atoms with Crippen LogP contribution in [0.3, 0.4) is 0 Å². The molecule has 5 heteroatoms. The molecule has 1 aliphatic carbocycles. The molecule has 0 spiro atoms. The third-order valence-electron chi connectivity index (χ3n) is 3.63. The van der Waals surface area contributed by atoms with Crippen LogP contribution >= 0.6 is 11.8 Å². The molecular formula is C13H22N4S. The number of hydrogen-bond acceptors (Lipinski definition) is 5. The molecule has 1 fully saturated rings. The molecule has 0 amide bonds. The van der Waals surface area contributed by atoms with Crippen LogP contribution in [0.4, 0.5) is 5.82 Å². The summed E-state index contributed by atoms with van der Waals surface area (Å²) in [6.07, 6.45) is 8.66. The maximum Gasteiger partial charge on any atom is 0.130 e. The number of hydrogen-bond donors (Lipinski definition) is 1. The predicted molar refractivity (Wildman–Crippen MR) is 77.2 cm³/mol. The highest BCUT2D eigenvalue weighted by Gasteiger charge is 2.22. The number of thioether (sulfide) groups is 1. The third-order valence-corrected chi connectivity index (χ3v) is 4.27. The van der Waals surface area contributed by atoms with E-state index in [-0.39, 0.29) is 0 Å². The third kappa shape index (κ3) is 3.59. The van der Waals surface area contributed by atoms with Crippen LogP contribution in [0.2, 0.25) is 0 Å². The lowest BCUT2D eigenvalue weighted by Gasteiger charge is -2.33. The molecule has 0 aliphatic heterocycles. The summed E-state index contributed by atoms with van der Waals surface area (Å²) in [5, 5.41) is 4.55. The van der Waals surface area contributed by atoms with Gasteiger partial charge < -0.3 is 10.2 Å². The van der Waals surface area contributed by atoms with Crippen LogP contribution in [0.1, 0.15) is 25.7 Å². The minimum atomic E-state index is 0.561. The average molecular weight is 266 g/mol. The molecule has 1 aromatic heterocycles. The van der Waals surface area contributed by atoms with Gasteiger partial charge in [-0.15, -0.1) is 11.8 Å². The lowest BCUT2D eigenvalue weighted by Crippen LogP contribution is -2.36. The molecular weight excluding hydrogens is 244 g/mol. The van der Waals surface area contributed by atoms with Crippen molar-refractivity contribution in [3.63, 3.8) is 0 Å². The first-order valence-electron chi connectivity index (χ1n) is 6.48. The van der Waals surface area contributed by atoms with Gasteiger partial charge in [0.2, 0.25) is 0 Å². The first-order chi connectivity index (χ1) is 8.69. The second-order valence-electron chi connectivity index (χ2n) is 5.06. The molecule has 1 aromatic rings. The Morgan fingerprint density at radius 3 is 2.56 bits per heavy atom. The van der Waals surface area contributed by atoms with Gasteiger partial charge in [-0.25, -0.2) is 9.97 Å². The Labute approximate surface area is 114 Å². The highest BCUT2D eigenvalue weighted by Crippen LogP contribution is 2.24. The summed E-state index contributed by atoms with van der Waals surface area (Å²) in [5.41, 5.74) is 0. The van der Waals surface area contributed by atoms with Crippen molar-refractivity contribution in [2.75, 3.05) is 25.7 Å². The van der Waals surface area contributed by atoms with Crippen LogP contribution in [-0.2, 0) is 0 Å². The molecule has 0 unspecified atom stereocenters. The molecule has 100 valence electrons. The highest BCUT2D eigenvalue weighted by molar-refractivity contribution is 7.98. The van der Waals surface area contributed by atoms with Gasteiger partial charge in [0.25, 0.3) is 0 Å². The van der Waals surface area contributed by atoms with Crippen molar-refractivity contribution in [1.82, 2.24) is 14.9 Å². The van der Waals surface area contributed by atoms with Crippen LogP contribution in [0.5, 0.6) is 0 Å². The van der Waals surface area contributed by atoms with E-state index in [2.05, 4.69) is 34.3 Å². The monoisotopic (exact) mass is 266 g/mol. The minimum absolute atomic E-state index is 0.561. The summed E-state index contributed by atoms with van der Waals surface area (Å²) in [7, 11) is 4.35. The van der Waals surface area contributed by atoms with Gasteiger partial charge in [0.05, 0.1) is 0 Å². The van der Waals surface area contributed by atoms with E-state index in [0.717, 1.165) is 16.9 Å². The molecule has 2 rings (SSSR count). The van der Waals surface area contributed by atoms with E-state index in [0.29, 0.717) is 6.04 Å². The average Bonchev–Trinajstić information content (AvgIpc) is 2.39. The van der Waals surface area contributed by atoms with E-state index in [1.54, 1.807) is 18.1 Å². The molecule has 18 heavy (non-hydrogen) atoms. The van der Waals surface area contributed by atoms with Crippen molar-refractivity contribution >= 4 is 17.6 Å². The Hall–Kier alpha value is -0.810. The van der Waals surface area contributed by atoms with Crippen LogP contribution < -0.4 is 5.32 Å². The maximum absolute atomic E-state index is 4.29. The van der Waals surface area contributed by atoms with Crippen LogP contribution in [-0.4, -0.2) is 47.3 Å². The lowest BCUT2D eigenvalue weighted by atomic mass is 9.90. The standard InChI is InChI=1S/C13H22N4S/c1-17(2)11-6-4-10(5-7-11)16-12-8-13(18-3)15-9-14-12/h8-11H,4-7H2,1-3H3,(H,14,15,16). The van der Waals surface area contributed by atoms with Gasteiger partial charge >= 0.3 is 0 Å². The van der Waals surface area contributed by atoms with Gasteiger partial charge in [-0.05, 0) is 46.0 Å². The molecule has 1 heterocycles. The summed E-state index contributed by atoms with van der Waals surface area (Å²) >= 11 is 1.65. The first kappa shape index (κ1) is 13.6. The smallest absolute Gasteiger partial charge is 0.130 e. The summed E-state index contributed by atoms with van der Waals surface area (Å²) in [5.74, 6) is 0.961. The quantitative estimate of drug-likeness (QED) is 0.670. The zero-order valence-corrected chi connectivity index (χ0v) is 12.2. The van der Waals surface area contributed by atoms with Crippen molar-refractivity contribution in [3.8, 4) is 0 Å². The summed E-state index contributed by atoms with van der Waals surface area (Å²) in [4.78, 5) is 10.8. The Balaban J connectivity index is 1.87. The summed E-state index contributed by atoms with van der Waals surface area (Å²) < 4.78 is 0. The van der Waals surface area contributed by atoms with E-state index in [4.69, 9.17) is 0 Å². The Kier molecular flexibility index (Phi) is 4.83.